The summed E-state index contributed by atoms with van der Waals surface area (Å²) >= 11 is 1.59. The number of hydrogen-bond donors (Lipinski definition) is 1. The molecule has 0 spiro atoms. The minimum Gasteiger partial charge on any atom is -0.335 e. The van der Waals surface area contributed by atoms with Gasteiger partial charge in [0.2, 0.25) is 0 Å². The first-order valence-electron chi connectivity index (χ1n) is 7.31. The molecule has 1 amide bonds. The van der Waals surface area contributed by atoms with Gasteiger partial charge in [-0.2, -0.15) is 0 Å². The lowest BCUT2D eigenvalue weighted by Gasteiger charge is -2.26. The van der Waals surface area contributed by atoms with Crippen molar-refractivity contribution in [2.45, 2.75) is 12.8 Å². The molecular formula is C16H19N3OS. The molecule has 4 nitrogen and oxygen atoms in total. The van der Waals surface area contributed by atoms with Crippen LogP contribution >= 0.6 is 11.3 Å². The summed E-state index contributed by atoms with van der Waals surface area (Å²) in [6.07, 6.45) is 1.86. The molecule has 5 heteroatoms. The van der Waals surface area contributed by atoms with Crippen LogP contribution in [0.2, 0.25) is 0 Å². The van der Waals surface area contributed by atoms with E-state index < -0.39 is 0 Å². The first-order chi connectivity index (χ1) is 10.3. The highest BCUT2D eigenvalue weighted by atomic mass is 32.1. The number of amides is 1. The van der Waals surface area contributed by atoms with Gasteiger partial charge in [0.1, 0.15) is 5.69 Å². The van der Waals surface area contributed by atoms with Gasteiger partial charge in [-0.15, -0.1) is 11.3 Å². The highest BCUT2D eigenvalue weighted by molar-refractivity contribution is 7.09. The number of nitrogens with zero attached hydrogens (tertiary/aromatic N) is 2. The van der Waals surface area contributed by atoms with Crippen molar-refractivity contribution in [2.75, 3.05) is 26.2 Å². The average molecular weight is 301 g/mol. The Bertz CT molecular complexity index is 591. The van der Waals surface area contributed by atoms with Crippen LogP contribution in [0.4, 0.5) is 0 Å². The first kappa shape index (κ1) is 14.2. The van der Waals surface area contributed by atoms with E-state index in [1.54, 1.807) is 11.3 Å². The van der Waals surface area contributed by atoms with Crippen LogP contribution in [0.1, 0.15) is 21.1 Å². The zero-order valence-electron chi connectivity index (χ0n) is 11.9. The molecule has 1 N–H and O–H groups in total. The molecular weight excluding hydrogens is 282 g/mol. The molecule has 0 unspecified atom stereocenters. The summed E-state index contributed by atoms with van der Waals surface area (Å²) < 4.78 is 0. The second kappa shape index (κ2) is 6.83. The number of rotatable bonds is 4. The topological polar surface area (TPSA) is 45.2 Å². The van der Waals surface area contributed by atoms with Gasteiger partial charge in [0.15, 0.2) is 0 Å². The molecule has 0 radical (unpaired) electrons. The Morgan fingerprint density at radius 3 is 2.71 bits per heavy atom. The van der Waals surface area contributed by atoms with Gasteiger partial charge in [0.25, 0.3) is 5.91 Å². The standard InChI is InChI=1S/C16H19N3OS/c20-16(19-10-8-17-9-11-19)14-12-21-15(18-14)7-6-13-4-2-1-3-5-13/h1-5,12,17H,6-11H2. The van der Waals surface area contributed by atoms with Gasteiger partial charge in [0.05, 0.1) is 5.01 Å². The van der Waals surface area contributed by atoms with Crippen molar-refractivity contribution in [3.63, 3.8) is 0 Å². The second-order valence-electron chi connectivity index (χ2n) is 5.15. The van der Waals surface area contributed by atoms with Gasteiger partial charge in [-0.25, -0.2) is 4.98 Å². The normalized spacial score (nSPS) is 15.1. The van der Waals surface area contributed by atoms with E-state index in [1.165, 1.54) is 5.56 Å². The van der Waals surface area contributed by atoms with Crippen LogP contribution in [-0.4, -0.2) is 42.0 Å². The third-order valence-electron chi connectivity index (χ3n) is 3.65. The zero-order valence-corrected chi connectivity index (χ0v) is 12.7. The van der Waals surface area contributed by atoms with E-state index in [-0.39, 0.29) is 5.91 Å². The van der Waals surface area contributed by atoms with Crippen LogP contribution < -0.4 is 5.32 Å². The van der Waals surface area contributed by atoms with Crippen LogP contribution in [0.15, 0.2) is 35.7 Å². The number of benzene rings is 1. The smallest absolute Gasteiger partial charge is 0.273 e. The molecule has 0 aliphatic carbocycles. The Balaban J connectivity index is 1.59. The quantitative estimate of drug-likeness (QED) is 0.939. The lowest BCUT2D eigenvalue weighted by molar-refractivity contribution is 0.0730. The second-order valence-corrected chi connectivity index (χ2v) is 6.10. The number of thiazole rings is 1. The molecule has 0 bridgehead atoms. The summed E-state index contributed by atoms with van der Waals surface area (Å²) in [5.41, 5.74) is 1.91. The van der Waals surface area contributed by atoms with E-state index in [2.05, 4.69) is 34.6 Å². The molecule has 2 aromatic rings. The number of carbonyl (C=O) groups is 1. The van der Waals surface area contributed by atoms with E-state index in [4.69, 9.17) is 0 Å². The monoisotopic (exact) mass is 301 g/mol. The van der Waals surface area contributed by atoms with Crippen molar-refractivity contribution < 1.29 is 4.79 Å². The van der Waals surface area contributed by atoms with Crippen molar-refractivity contribution in [2.24, 2.45) is 0 Å². The summed E-state index contributed by atoms with van der Waals surface area (Å²) in [6, 6.07) is 10.4. The van der Waals surface area contributed by atoms with Gasteiger partial charge in [-0.3, -0.25) is 4.79 Å². The van der Waals surface area contributed by atoms with E-state index in [1.807, 2.05) is 16.3 Å². The van der Waals surface area contributed by atoms with Crippen LogP contribution in [0, 0.1) is 0 Å². The maximum absolute atomic E-state index is 12.3. The number of hydrogen-bond acceptors (Lipinski definition) is 4. The molecule has 21 heavy (non-hydrogen) atoms. The van der Waals surface area contributed by atoms with Gasteiger partial charge in [-0.05, 0) is 12.0 Å². The number of piperazine rings is 1. The van der Waals surface area contributed by atoms with E-state index in [0.29, 0.717) is 5.69 Å². The molecule has 3 rings (SSSR count). The summed E-state index contributed by atoms with van der Waals surface area (Å²) in [6.45, 7) is 3.29. The number of carbonyl (C=O) groups excluding carboxylic acids is 1. The largest absolute Gasteiger partial charge is 0.335 e. The highest BCUT2D eigenvalue weighted by Gasteiger charge is 2.20. The van der Waals surface area contributed by atoms with E-state index in [0.717, 1.165) is 44.0 Å². The minimum absolute atomic E-state index is 0.0683. The van der Waals surface area contributed by atoms with Crippen molar-refractivity contribution in [1.29, 1.82) is 0 Å². The molecule has 1 aromatic heterocycles. The summed E-state index contributed by atoms with van der Waals surface area (Å²) in [7, 11) is 0. The van der Waals surface area contributed by atoms with Crippen LogP contribution in [0.3, 0.4) is 0 Å². The van der Waals surface area contributed by atoms with Gasteiger partial charge >= 0.3 is 0 Å². The molecule has 0 atom stereocenters. The van der Waals surface area contributed by atoms with Gasteiger partial charge in [-0.1, -0.05) is 30.3 Å². The van der Waals surface area contributed by atoms with Gasteiger partial charge in [0, 0.05) is 38.0 Å². The van der Waals surface area contributed by atoms with E-state index in [9.17, 15) is 4.79 Å². The van der Waals surface area contributed by atoms with E-state index >= 15 is 0 Å². The molecule has 0 saturated carbocycles. The SMILES string of the molecule is O=C(c1csc(CCc2ccccc2)n1)N1CCNCC1. The van der Waals surface area contributed by atoms with Crippen LogP contribution in [0.25, 0.3) is 0 Å². The zero-order chi connectivity index (χ0) is 14.5. The Kier molecular flexibility index (Phi) is 4.62. The predicted octanol–water partition coefficient (Wildman–Crippen LogP) is 1.97. The fourth-order valence-electron chi connectivity index (χ4n) is 2.45. The molecule has 1 aliphatic heterocycles. The van der Waals surface area contributed by atoms with Crippen molar-refractivity contribution >= 4 is 17.2 Å². The van der Waals surface area contributed by atoms with Crippen LogP contribution in [0.5, 0.6) is 0 Å². The van der Waals surface area contributed by atoms with Crippen LogP contribution in [-0.2, 0) is 12.8 Å². The fraction of sp³-hybridized carbons (Fsp3) is 0.375. The van der Waals surface area contributed by atoms with Crippen molar-refractivity contribution in [3.05, 3.63) is 52.0 Å². The number of aryl methyl sites for hydroxylation is 2. The first-order valence-corrected chi connectivity index (χ1v) is 8.19. The molecule has 1 aliphatic rings. The van der Waals surface area contributed by atoms with Gasteiger partial charge < -0.3 is 10.2 Å². The third kappa shape index (κ3) is 3.68. The summed E-state index contributed by atoms with van der Waals surface area (Å²) in [5.74, 6) is 0.0683. The fourth-order valence-corrected chi connectivity index (χ4v) is 3.22. The summed E-state index contributed by atoms with van der Waals surface area (Å²) in [5, 5.41) is 6.19. The Hall–Kier alpha value is -1.72. The Labute approximate surface area is 128 Å². The number of aromatic nitrogens is 1. The molecule has 1 aromatic carbocycles. The lowest BCUT2D eigenvalue weighted by Crippen LogP contribution is -2.46. The summed E-state index contributed by atoms with van der Waals surface area (Å²) in [4.78, 5) is 18.7. The maximum Gasteiger partial charge on any atom is 0.273 e. The third-order valence-corrected chi connectivity index (χ3v) is 4.55. The highest BCUT2D eigenvalue weighted by Crippen LogP contribution is 2.15. The van der Waals surface area contributed by atoms with Crippen molar-refractivity contribution in [1.82, 2.24) is 15.2 Å². The minimum atomic E-state index is 0.0683. The lowest BCUT2D eigenvalue weighted by atomic mass is 10.1. The molecule has 2 heterocycles. The maximum atomic E-state index is 12.3. The average Bonchev–Trinajstić information content (AvgIpc) is 3.03. The Morgan fingerprint density at radius 2 is 1.95 bits per heavy atom. The molecule has 110 valence electrons. The predicted molar refractivity (Wildman–Crippen MR) is 84.7 cm³/mol. The number of nitrogens with one attached hydrogen (secondary N) is 1. The van der Waals surface area contributed by atoms with Crippen molar-refractivity contribution in [3.8, 4) is 0 Å². The molecule has 1 fully saturated rings. The molecule has 1 saturated heterocycles. The Morgan fingerprint density at radius 1 is 1.19 bits per heavy atom.